The first-order valence-corrected chi connectivity index (χ1v) is 16.0. The maximum absolute atomic E-state index is 14.6. The van der Waals surface area contributed by atoms with Crippen LogP contribution in [0.15, 0.2) is 42.7 Å². The van der Waals surface area contributed by atoms with Gasteiger partial charge in [0.05, 0.1) is 11.0 Å². The van der Waals surface area contributed by atoms with Gasteiger partial charge >= 0.3 is 37.0 Å². The molecule has 53 heavy (non-hydrogen) atoms. The predicted molar refractivity (Wildman–Crippen MR) is 178 cm³/mol. The lowest BCUT2D eigenvalue weighted by Crippen LogP contribution is -2.60. The number of aromatic hydroxyl groups is 2. The second-order valence-electron chi connectivity index (χ2n) is 11.6. The van der Waals surface area contributed by atoms with Crippen molar-refractivity contribution >= 4 is 60.2 Å². The molecular weight excluding hydrogens is 731 g/mol. The first-order valence-electron chi connectivity index (χ1n) is 15.6. The molecule has 1 unspecified atom stereocenters. The van der Waals surface area contributed by atoms with Crippen molar-refractivity contribution in [3.05, 3.63) is 76.1 Å². The Labute approximate surface area is 302 Å². The Morgan fingerprint density at radius 3 is 2.45 bits per heavy atom. The topological polar surface area (TPSA) is 260 Å². The number of carboxylic acids is 1. The fourth-order valence-corrected chi connectivity index (χ4v) is 5.76. The van der Waals surface area contributed by atoms with E-state index in [0.717, 1.165) is 17.0 Å². The number of carboxylic acid groups (broad SMARTS) is 1. The summed E-state index contributed by atoms with van der Waals surface area (Å²) in [6.45, 7) is -0.357. The molecule has 2 atom stereocenters. The van der Waals surface area contributed by atoms with E-state index in [1.165, 1.54) is 12.4 Å². The number of rotatable bonds is 10. The average molecular weight is 760 g/mol. The summed E-state index contributed by atoms with van der Waals surface area (Å²) in [5, 5.41) is 48.9. The Morgan fingerprint density at radius 2 is 1.75 bits per heavy atom. The Kier molecular flexibility index (Phi) is 11.5. The van der Waals surface area contributed by atoms with Crippen LogP contribution >= 0.6 is 11.6 Å². The van der Waals surface area contributed by atoms with Gasteiger partial charge in [0.25, 0.3) is 0 Å². The highest BCUT2D eigenvalue weighted by Crippen LogP contribution is 2.40. The number of nitrogens with zero attached hydrogens (tertiary/aromatic N) is 3. The molecule has 278 valence electrons. The molecule has 8 N–H and O–H groups in total. The number of carbonyl (C=O) groups is 6. The summed E-state index contributed by atoms with van der Waals surface area (Å²) in [6, 6.07) is 1.77. The minimum absolute atomic E-state index is 0.0256. The van der Waals surface area contributed by atoms with Crippen LogP contribution < -0.4 is 25.9 Å². The first-order chi connectivity index (χ1) is 25.2. The zero-order chi connectivity index (χ0) is 38.6. The second kappa shape index (κ2) is 16.0. The molecule has 1 aromatic heterocycles. The lowest BCUT2D eigenvalue weighted by atomic mass is 9.72. The quantitative estimate of drug-likeness (QED) is 0.0621. The molecule has 0 bridgehead atoms. The third-order valence-corrected chi connectivity index (χ3v) is 8.57. The van der Waals surface area contributed by atoms with E-state index in [1.807, 2.05) is 0 Å². The van der Waals surface area contributed by atoms with Crippen molar-refractivity contribution in [2.45, 2.75) is 24.8 Å². The van der Waals surface area contributed by atoms with Gasteiger partial charge in [-0.15, -0.1) is 0 Å². The van der Waals surface area contributed by atoms with E-state index in [0.29, 0.717) is 16.7 Å². The molecule has 3 aromatic rings. The Morgan fingerprint density at radius 1 is 1.04 bits per heavy atom. The number of urea groups is 2. The zero-order valence-electron chi connectivity index (χ0n) is 27.1. The van der Waals surface area contributed by atoms with Gasteiger partial charge in [-0.25, -0.2) is 23.2 Å². The van der Waals surface area contributed by atoms with Crippen molar-refractivity contribution in [1.82, 2.24) is 30.7 Å². The highest BCUT2D eigenvalue weighted by molar-refractivity contribution is 6.47. The molecule has 2 aliphatic heterocycles. The number of halogens is 3. The maximum Gasteiger partial charge on any atom is 0.547 e. The Hall–Kier alpha value is -6.22. The first kappa shape index (κ1) is 38.0. The van der Waals surface area contributed by atoms with E-state index in [2.05, 4.69) is 26.3 Å². The van der Waals surface area contributed by atoms with Gasteiger partial charge < -0.3 is 51.2 Å². The fraction of sp³-hybridized carbons (Fsp3) is 0.258. The molecule has 0 saturated carbocycles. The molecule has 22 heteroatoms. The number of hydrogen-bond donors (Lipinski definition) is 8. The molecular formula is C31H29BClF2N7O11. The van der Waals surface area contributed by atoms with Gasteiger partial charge in [0.15, 0.2) is 17.3 Å². The van der Waals surface area contributed by atoms with Crippen molar-refractivity contribution in [2.24, 2.45) is 0 Å². The number of nitrogens with one attached hydrogen (secondary N) is 4. The highest BCUT2D eigenvalue weighted by Gasteiger charge is 2.42. The number of aromatic nitrogens is 1. The Bertz CT molecular complexity index is 1980. The minimum Gasteiger partial charge on any atom is -0.534 e. The second-order valence-corrected chi connectivity index (χ2v) is 12.0. The third kappa shape index (κ3) is 8.31. The monoisotopic (exact) mass is 759 g/mol. The summed E-state index contributed by atoms with van der Waals surface area (Å²) in [6.07, 6.45) is 2.89. The molecule has 2 aromatic carbocycles. The van der Waals surface area contributed by atoms with Crippen LogP contribution in [0.2, 0.25) is 5.02 Å². The molecule has 0 radical (unpaired) electrons. The molecule has 1 fully saturated rings. The van der Waals surface area contributed by atoms with E-state index in [-0.39, 0.29) is 44.6 Å². The van der Waals surface area contributed by atoms with Crippen LogP contribution in [0.3, 0.4) is 0 Å². The highest BCUT2D eigenvalue weighted by atomic mass is 35.5. The lowest BCUT2D eigenvalue weighted by Gasteiger charge is -2.34. The summed E-state index contributed by atoms with van der Waals surface area (Å²) in [4.78, 5) is 82.1. The van der Waals surface area contributed by atoms with Gasteiger partial charge in [-0.1, -0.05) is 17.7 Å². The number of imide groups is 1. The molecule has 1 saturated heterocycles. The molecule has 7 amide bonds. The van der Waals surface area contributed by atoms with Crippen LogP contribution in [0.25, 0.3) is 0 Å². The van der Waals surface area contributed by atoms with Crippen molar-refractivity contribution in [3.63, 3.8) is 0 Å². The molecule has 0 spiro atoms. The fourth-order valence-electron chi connectivity index (χ4n) is 5.51. The van der Waals surface area contributed by atoms with E-state index in [1.54, 1.807) is 12.1 Å². The number of amides is 7. The summed E-state index contributed by atoms with van der Waals surface area (Å²) in [7, 11) is -1.97. The molecule has 0 aliphatic carbocycles. The van der Waals surface area contributed by atoms with Crippen molar-refractivity contribution in [1.29, 1.82) is 0 Å². The average Bonchev–Trinajstić information content (AvgIpc) is 3.12. The minimum atomic E-state index is -2.06. The van der Waals surface area contributed by atoms with Gasteiger partial charge in [-0.05, 0) is 42.7 Å². The van der Waals surface area contributed by atoms with Gasteiger partial charge in [-0.3, -0.25) is 24.3 Å². The van der Waals surface area contributed by atoms with Crippen LogP contribution in [0, 0.1) is 11.6 Å². The number of anilines is 1. The van der Waals surface area contributed by atoms with Crippen LogP contribution in [0.1, 0.15) is 33.9 Å². The normalized spacial score (nSPS) is 15.9. The summed E-state index contributed by atoms with van der Waals surface area (Å²) in [5.41, 5.74) is -0.914. The van der Waals surface area contributed by atoms with Gasteiger partial charge in [0.2, 0.25) is 5.91 Å². The smallest absolute Gasteiger partial charge is 0.534 e. The molecule has 18 nitrogen and oxygen atoms in total. The SMILES string of the molecule is O=C(NCCCN1CCN(C(=O)NC(C(=O)N[C@H]2Cc3ccc(F)c(C(=O)O)c3OB2O)c2cc(F)c(O)c(O)c2Cl)C(=O)C1=O)Nc1ccncc1. The van der Waals surface area contributed by atoms with Crippen molar-refractivity contribution in [3.8, 4) is 17.2 Å². The van der Waals surface area contributed by atoms with Crippen molar-refractivity contribution < 1.29 is 62.5 Å². The largest absolute Gasteiger partial charge is 0.547 e. The molecule has 2 aliphatic rings. The number of hydrogen-bond acceptors (Lipinski definition) is 11. The van der Waals surface area contributed by atoms with E-state index < -0.39 is 99.9 Å². The van der Waals surface area contributed by atoms with Crippen LogP contribution in [-0.4, -0.2) is 110 Å². The number of benzene rings is 2. The lowest BCUT2D eigenvalue weighted by molar-refractivity contribution is -0.153. The summed E-state index contributed by atoms with van der Waals surface area (Å²) in [5.74, 6) is -12.3. The number of fused-ring (bicyclic) bond motifs is 1. The number of aromatic carboxylic acids is 1. The van der Waals surface area contributed by atoms with Crippen LogP contribution in [0.4, 0.5) is 24.1 Å². The zero-order valence-corrected chi connectivity index (χ0v) is 27.9. The number of pyridine rings is 1. The van der Waals surface area contributed by atoms with Gasteiger partial charge in [0.1, 0.15) is 23.2 Å². The summed E-state index contributed by atoms with van der Waals surface area (Å²) >= 11 is 6.12. The van der Waals surface area contributed by atoms with Gasteiger partial charge in [0, 0.05) is 49.8 Å². The number of carbonyl (C=O) groups excluding carboxylic acids is 5. The van der Waals surface area contributed by atoms with Crippen LogP contribution in [0.5, 0.6) is 17.2 Å². The number of phenolic OH excluding ortho intramolecular Hbond substituents is 2. The third-order valence-electron chi connectivity index (χ3n) is 8.17. The Balaban J connectivity index is 1.27. The number of piperazine rings is 1. The van der Waals surface area contributed by atoms with E-state index in [4.69, 9.17) is 16.3 Å². The molecule has 3 heterocycles. The van der Waals surface area contributed by atoms with Crippen molar-refractivity contribution in [2.75, 3.05) is 31.5 Å². The molecule has 5 rings (SSSR count). The maximum atomic E-state index is 14.6. The number of phenols is 2. The predicted octanol–water partition coefficient (Wildman–Crippen LogP) is 0.896. The van der Waals surface area contributed by atoms with E-state index in [9.17, 15) is 57.9 Å². The summed E-state index contributed by atoms with van der Waals surface area (Å²) < 4.78 is 34.0. The standard InChI is InChI=1S/C31H29BClF2N7O11/c33-21-16(13-18(35)23(43)24(21)44)22(26(45)39-19-12-14-2-3-17(34)20(29(48)49)25(14)53-32(19)52)40-31(51)42-11-10-41(27(46)28(42)47)9-1-6-37-30(50)38-15-4-7-36-8-5-15/h2-5,7-8,13,19,22,43-44,52H,1,6,9-12H2,(H,39,45)(H,40,51)(H,48,49)(H2,36,37,38,50)/t19-,22?/m0/s1. The van der Waals surface area contributed by atoms with Crippen LogP contribution in [-0.2, 0) is 20.8 Å². The van der Waals surface area contributed by atoms with E-state index >= 15 is 0 Å². The van der Waals surface area contributed by atoms with Gasteiger partial charge in [-0.2, -0.15) is 0 Å².